The highest BCUT2D eigenvalue weighted by molar-refractivity contribution is 5.79. The lowest BCUT2D eigenvalue weighted by molar-refractivity contribution is 0.244. The Labute approximate surface area is 101 Å². The first kappa shape index (κ1) is 10.7. The van der Waals surface area contributed by atoms with E-state index >= 15 is 0 Å². The van der Waals surface area contributed by atoms with Gasteiger partial charge in [0.2, 0.25) is 0 Å². The molecular weight excluding hydrogens is 214 g/mol. The Morgan fingerprint density at radius 1 is 1.29 bits per heavy atom. The molecule has 2 heterocycles. The third-order valence-electron chi connectivity index (χ3n) is 3.40. The second-order valence-corrected chi connectivity index (χ2v) is 4.50. The predicted octanol–water partition coefficient (Wildman–Crippen LogP) is 1.28. The smallest absolute Gasteiger partial charge is 0.167 e. The molecule has 1 saturated heterocycles. The van der Waals surface area contributed by atoms with E-state index in [1.165, 1.54) is 5.56 Å². The molecule has 1 aliphatic heterocycles. The molecule has 2 aromatic rings. The third kappa shape index (κ3) is 2.33. The monoisotopic (exact) mass is 231 g/mol. The standard InChI is InChI=1S/C13H17N3O/c1-2-11(12-10-15-17-13(12)3-1)4-7-16-8-5-14-6-9-16/h1-3,10,14H,4-9H2. The van der Waals surface area contributed by atoms with Crippen molar-refractivity contribution in [3.8, 4) is 0 Å². The first-order chi connectivity index (χ1) is 8.43. The van der Waals surface area contributed by atoms with Crippen LogP contribution in [0.15, 0.2) is 28.9 Å². The molecule has 90 valence electrons. The molecule has 0 atom stereocenters. The molecule has 0 unspecified atom stereocenters. The van der Waals surface area contributed by atoms with Crippen molar-refractivity contribution in [3.63, 3.8) is 0 Å². The maximum atomic E-state index is 5.18. The molecule has 1 fully saturated rings. The maximum Gasteiger partial charge on any atom is 0.167 e. The second-order valence-electron chi connectivity index (χ2n) is 4.50. The van der Waals surface area contributed by atoms with Crippen molar-refractivity contribution in [1.29, 1.82) is 0 Å². The Balaban J connectivity index is 1.69. The molecule has 1 N–H and O–H groups in total. The normalized spacial score (nSPS) is 17.6. The van der Waals surface area contributed by atoms with Gasteiger partial charge in [-0.05, 0) is 18.1 Å². The third-order valence-corrected chi connectivity index (χ3v) is 3.40. The minimum absolute atomic E-state index is 0.891. The van der Waals surface area contributed by atoms with Gasteiger partial charge >= 0.3 is 0 Å². The summed E-state index contributed by atoms with van der Waals surface area (Å²) >= 11 is 0. The van der Waals surface area contributed by atoms with Crippen LogP contribution in [0.5, 0.6) is 0 Å². The lowest BCUT2D eigenvalue weighted by Gasteiger charge is -2.27. The average Bonchev–Trinajstić information content (AvgIpc) is 2.86. The predicted molar refractivity (Wildman–Crippen MR) is 67.0 cm³/mol. The highest BCUT2D eigenvalue weighted by Crippen LogP contribution is 2.18. The van der Waals surface area contributed by atoms with Crippen LogP contribution in [0.2, 0.25) is 0 Å². The summed E-state index contributed by atoms with van der Waals surface area (Å²) in [6.45, 7) is 5.64. The van der Waals surface area contributed by atoms with Crippen LogP contribution >= 0.6 is 0 Å². The summed E-state index contributed by atoms with van der Waals surface area (Å²) in [5, 5.41) is 8.39. The zero-order chi connectivity index (χ0) is 11.5. The van der Waals surface area contributed by atoms with Crippen LogP contribution in [0.3, 0.4) is 0 Å². The molecule has 0 amide bonds. The van der Waals surface area contributed by atoms with Crippen LogP contribution in [0.1, 0.15) is 5.56 Å². The van der Waals surface area contributed by atoms with Crippen molar-refractivity contribution < 1.29 is 4.52 Å². The fourth-order valence-electron chi connectivity index (χ4n) is 2.38. The van der Waals surface area contributed by atoms with Gasteiger partial charge in [0.15, 0.2) is 5.58 Å². The number of nitrogens with one attached hydrogen (secondary N) is 1. The van der Waals surface area contributed by atoms with Crippen molar-refractivity contribution in [2.75, 3.05) is 32.7 Å². The average molecular weight is 231 g/mol. The molecule has 1 aliphatic rings. The molecule has 3 rings (SSSR count). The largest absolute Gasteiger partial charge is 0.356 e. The van der Waals surface area contributed by atoms with Gasteiger partial charge in [0.05, 0.1) is 6.20 Å². The Morgan fingerprint density at radius 2 is 2.18 bits per heavy atom. The van der Waals surface area contributed by atoms with E-state index in [-0.39, 0.29) is 0 Å². The number of hydrogen-bond donors (Lipinski definition) is 1. The zero-order valence-corrected chi connectivity index (χ0v) is 9.85. The SMILES string of the molecule is c1cc(CCN2CCNCC2)c2cnoc2c1. The van der Waals surface area contributed by atoms with Crippen LogP contribution in [-0.2, 0) is 6.42 Å². The van der Waals surface area contributed by atoms with Crippen LogP contribution in [0.25, 0.3) is 11.0 Å². The van der Waals surface area contributed by atoms with E-state index in [1.54, 1.807) is 0 Å². The van der Waals surface area contributed by atoms with Crippen LogP contribution in [0, 0.1) is 0 Å². The maximum absolute atomic E-state index is 5.18. The molecule has 0 bridgehead atoms. The van der Waals surface area contributed by atoms with E-state index in [0.717, 1.165) is 50.1 Å². The summed E-state index contributed by atoms with van der Waals surface area (Å²) < 4.78 is 5.18. The second kappa shape index (κ2) is 4.85. The van der Waals surface area contributed by atoms with Gasteiger partial charge in [0.25, 0.3) is 0 Å². The molecule has 0 aliphatic carbocycles. The van der Waals surface area contributed by atoms with Crippen molar-refractivity contribution in [3.05, 3.63) is 30.0 Å². The number of benzene rings is 1. The van der Waals surface area contributed by atoms with Gasteiger partial charge in [-0.25, -0.2) is 0 Å². The lowest BCUT2D eigenvalue weighted by Crippen LogP contribution is -2.44. The molecule has 17 heavy (non-hydrogen) atoms. The van der Waals surface area contributed by atoms with Gasteiger partial charge in [0.1, 0.15) is 0 Å². The van der Waals surface area contributed by atoms with E-state index in [2.05, 4.69) is 21.4 Å². The van der Waals surface area contributed by atoms with Crippen molar-refractivity contribution in [1.82, 2.24) is 15.4 Å². The van der Waals surface area contributed by atoms with Gasteiger partial charge in [-0.15, -0.1) is 0 Å². The Morgan fingerprint density at radius 3 is 3.06 bits per heavy atom. The quantitative estimate of drug-likeness (QED) is 0.864. The Kier molecular flexibility index (Phi) is 3.07. The topological polar surface area (TPSA) is 41.3 Å². The summed E-state index contributed by atoms with van der Waals surface area (Å²) in [4.78, 5) is 2.50. The van der Waals surface area contributed by atoms with E-state index < -0.39 is 0 Å². The van der Waals surface area contributed by atoms with Gasteiger partial charge in [-0.3, -0.25) is 0 Å². The summed E-state index contributed by atoms with van der Waals surface area (Å²) in [6.07, 6.45) is 2.89. The fourth-order valence-corrected chi connectivity index (χ4v) is 2.38. The van der Waals surface area contributed by atoms with Gasteiger partial charge in [-0.1, -0.05) is 17.3 Å². The summed E-state index contributed by atoms with van der Waals surface area (Å²) in [6, 6.07) is 6.18. The zero-order valence-electron chi connectivity index (χ0n) is 9.85. The van der Waals surface area contributed by atoms with Crippen LogP contribution in [0.4, 0.5) is 0 Å². The van der Waals surface area contributed by atoms with Crippen molar-refractivity contribution >= 4 is 11.0 Å². The van der Waals surface area contributed by atoms with Gasteiger partial charge in [0, 0.05) is 38.1 Å². The number of aromatic nitrogens is 1. The highest BCUT2D eigenvalue weighted by Gasteiger charge is 2.10. The fraction of sp³-hybridized carbons (Fsp3) is 0.462. The van der Waals surface area contributed by atoms with E-state index in [4.69, 9.17) is 4.52 Å². The first-order valence-corrected chi connectivity index (χ1v) is 6.19. The lowest BCUT2D eigenvalue weighted by atomic mass is 10.1. The Bertz CT molecular complexity index is 488. The number of fused-ring (bicyclic) bond motifs is 1. The molecule has 0 saturated carbocycles. The van der Waals surface area contributed by atoms with E-state index in [9.17, 15) is 0 Å². The number of rotatable bonds is 3. The first-order valence-electron chi connectivity index (χ1n) is 6.19. The number of hydrogen-bond acceptors (Lipinski definition) is 4. The minimum atomic E-state index is 0.891. The molecule has 1 aromatic carbocycles. The Hall–Kier alpha value is -1.39. The van der Waals surface area contributed by atoms with Gasteiger partial charge in [-0.2, -0.15) is 0 Å². The molecule has 1 aromatic heterocycles. The van der Waals surface area contributed by atoms with Crippen LogP contribution in [-0.4, -0.2) is 42.8 Å². The molecule has 4 nitrogen and oxygen atoms in total. The number of piperazine rings is 1. The molecule has 0 spiro atoms. The minimum Gasteiger partial charge on any atom is -0.356 e. The molecule has 4 heteroatoms. The summed E-state index contributed by atoms with van der Waals surface area (Å²) in [7, 11) is 0. The van der Waals surface area contributed by atoms with E-state index in [0.29, 0.717) is 0 Å². The summed E-state index contributed by atoms with van der Waals surface area (Å²) in [5.74, 6) is 0. The molecular formula is C13H17N3O. The number of nitrogens with zero attached hydrogens (tertiary/aromatic N) is 2. The van der Waals surface area contributed by atoms with Crippen molar-refractivity contribution in [2.45, 2.75) is 6.42 Å². The molecule has 0 radical (unpaired) electrons. The van der Waals surface area contributed by atoms with Crippen LogP contribution < -0.4 is 5.32 Å². The van der Waals surface area contributed by atoms with Crippen molar-refractivity contribution in [2.24, 2.45) is 0 Å². The van der Waals surface area contributed by atoms with Gasteiger partial charge < -0.3 is 14.7 Å². The van der Waals surface area contributed by atoms with E-state index in [1.807, 2.05) is 18.3 Å². The highest BCUT2D eigenvalue weighted by atomic mass is 16.5. The summed E-state index contributed by atoms with van der Waals surface area (Å²) in [5.41, 5.74) is 2.23.